The van der Waals surface area contributed by atoms with Crippen LogP contribution in [0.4, 0.5) is 0 Å². The fourth-order valence-electron chi connectivity index (χ4n) is 5.26. The van der Waals surface area contributed by atoms with Crippen molar-refractivity contribution in [2.75, 3.05) is 7.05 Å². The first kappa shape index (κ1) is 40.8. The molecule has 1 aliphatic heterocycles. The number of nitrogens with zero attached hydrogens (tertiary/aromatic N) is 1. The molecule has 1 saturated heterocycles. The Kier molecular flexibility index (Phi) is 16.2. The number of rotatable bonds is 9. The highest BCUT2D eigenvalue weighted by Crippen LogP contribution is 2.21. The lowest BCUT2D eigenvalue weighted by Gasteiger charge is -2.35. The molecule has 1 heterocycles. The Morgan fingerprint density at radius 3 is 1.48 bits per heavy atom. The molecule has 0 saturated carbocycles. The molecule has 1 rings (SSSR count). The zero-order chi connectivity index (χ0) is 35.6. The summed E-state index contributed by atoms with van der Waals surface area (Å²) in [6.07, 6.45) is -1.52. The smallest absolute Gasteiger partial charge is 0.329 e. The molecule has 4 amide bonds. The van der Waals surface area contributed by atoms with E-state index in [-0.39, 0.29) is 36.5 Å². The van der Waals surface area contributed by atoms with Crippen LogP contribution in [0.15, 0.2) is 0 Å². The van der Waals surface area contributed by atoms with E-state index in [0.717, 1.165) is 0 Å². The first-order chi connectivity index (χ1) is 21.2. The molecule has 0 radical (unpaired) electrons. The van der Waals surface area contributed by atoms with E-state index >= 15 is 0 Å². The Labute approximate surface area is 275 Å². The number of nitrogens with one attached hydrogen (secondary N) is 3. The zero-order valence-corrected chi connectivity index (χ0v) is 30.3. The Balaban J connectivity index is 3.83. The standard InChI is InChI=1S/C34H60N4O8/c1-14-22(12)26-29(39)35-23(15-17(2)3)33(43)45-27(20(8)9)30(40)36-25(19(6)7)32(42)38(13)24(16-18(4)5)34(44)46-28(21(10)11)31(41)37-26/h17-28H,14-16H2,1-13H3,(H,35,39)(H,36,40)(H,37,41)/t22-,23+,24-,25-,26+,27-,28-/m0/s1. The molecular weight excluding hydrogens is 592 g/mol. The van der Waals surface area contributed by atoms with Crippen molar-refractivity contribution in [2.45, 2.75) is 139 Å². The van der Waals surface area contributed by atoms with E-state index in [4.69, 9.17) is 9.47 Å². The van der Waals surface area contributed by atoms with Gasteiger partial charge in [0.1, 0.15) is 24.2 Å². The summed E-state index contributed by atoms with van der Waals surface area (Å²) in [5.74, 6) is -5.68. The first-order valence-corrected chi connectivity index (χ1v) is 16.8. The number of amides is 4. The molecule has 12 heteroatoms. The van der Waals surface area contributed by atoms with Gasteiger partial charge in [0.15, 0.2) is 12.2 Å². The lowest BCUT2D eigenvalue weighted by atomic mass is 9.95. The van der Waals surface area contributed by atoms with E-state index < -0.39 is 83.8 Å². The number of esters is 2. The minimum atomic E-state index is -1.26. The molecule has 0 aromatic carbocycles. The molecule has 46 heavy (non-hydrogen) atoms. The fraction of sp³-hybridized carbons (Fsp3) is 0.824. The van der Waals surface area contributed by atoms with E-state index in [1.54, 1.807) is 48.5 Å². The molecule has 0 spiro atoms. The molecule has 264 valence electrons. The number of hydrogen-bond donors (Lipinski definition) is 3. The second-order valence-corrected chi connectivity index (χ2v) is 14.6. The Bertz CT molecular complexity index is 1070. The molecule has 0 bridgehead atoms. The molecule has 0 unspecified atom stereocenters. The average molecular weight is 653 g/mol. The van der Waals surface area contributed by atoms with E-state index in [1.165, 1.54) is 11.9 Å². The predicted molar refractivity (Wildman–Crippen MR) is 175 cm³/mol. The van der Waals surface area contributed by atoms with Crippen LogP contribution in [0.1, 0.15) is 102 Å². The number of carbonyl (C=O) groups excluding carboxylic acids is 6. The molecule has 0 aromatic rings. The van der Waals surface area contributed by atoms with Gasteiger partial charge in [-0.1, -0.05) is 89.5 Å². The van der Waals surface area contributed by atoms with Crippen molar-refractivity contribution >= 4 is 35.6 Å². The molecule has 0 aromatic heterocycles. The van der Waals surface area contributed by atoms with Gasteiger partial charge in [-0.05, 0) is 48.3 Å². The third-order valence-corrected chi connectivity index (χ3v) is 8.33. The summed E-state index contributed by atoms with van der Waals surface area (Å²) in [5.41, 5.74) is 0. The molecule has 0 aliphatic carbocycles. The number of ether oxygens (including phenoxy) is 2. The highest BCUT2D eigenvalue weighted by Gasteiger charge is 2.41. The third-order valence-electron chi connectivity index (χ3n) is 8.33. The Morgan fingerprint density at radius 1 is 0.609 bits per heavy atom. The Hall–Kier alpha value is -3.18. The largest absolute Gasteiger partial charge is 0.450 e. The second-order valence-electron chi connectivity index (χ2n) is 14.6. The summed E-state index contributed by atoms with van der Waals surface area (Å²) < 4.78 is 11.6. The normalized spacial score (nSPS) is 27.3. The van der Waals surface area contributed by atoms with Crippen molar-refractivity contribution in [1.82, 2.24) is 20.9 Å². The summed E-state index contributed by atoms with van der Waals surface area (Å²) >= 11 is 0. The third kappa shape index (κ3) is 11.6. The summed E-state index contributed by atoms with van der Waals surface area (Å²) in [7, 11) is 1.47. The van der Waals surface area contributed by atoms with E-state index in [0.29, 0.717) is 6.42 Å². The maximum absolute atomic E-state index is 13.9. The molecule has 1 aliphatic rings. The van der Waals surface area contributed by atoms with Crippen LogP contribution in [0, 0.1) is 35.5 Å². The summed E-state index contributed by atoms with van der Waals surface area (Å²) in [5, 5.41) is 8.28. The lowest BCUT2D eigenvalue weighted by Crippen LogP contribution is -2.59. The van der Waals surface area contributed by atoms with Gasteiger partial charge in [-0.25, -0.2) is 9.59 Å². The minimum Gasteiger partial charge on any atom is -0.450 e. The highest BCUT2D eigenvalue weighted by molar-refractivity contribution is 5.95. The van der Waals surface area contributed by atoms with Gasteiger partial charge in [0.05, 0.1) is 0 Å². The van der Waals surface area contributed by atoms with Gasteiger partial charge >= 0.3 is 11.9 Å². The van der Waals surface area contributed by atoms with Crippen molar-refractivity contribution in [1.29, 1.82) is 0 Å². The van der Waals surface area contributed by atoms with E-state index in [9.17, 15) is 28.8 Å². The van der Waals surface area contributed by atoms with Gasteiger partial charge in [-0.2, -0.15) is 0 Å². The zero-order valence-electron chi connectivity index (χ0n) is 30.3. The van der Waals surface area contributed by atoms with Crippen LogP contribution in [-0.4, -0.2) is 83.9 Å². The SMILES string of the molecule is CC[C@H](C)[C@H]1NC(=O)[C@H](C(C)C)OC(=O)[C@H](CC(C)C)N(C)C(=O)[C@H](C(C)C)NC(=O)[C@H](C(C)C)OC(=O)[C@@H](CC(C)C)NC1=O. The van der Waals surface area contributed by atoms with Crippen molar-refractivity contribution < 1.29 is 38.2 Å². The van der Waals surface area contributed by atoms with Gasteiger partial charge in [-0.15, -0.1) is 0 Å². The number of likely N-dealkylation sites (N-methyl/N-ethyl adjacent to an activating group) is 1. The molecule has 1 fully saturated rings. The average Bonchev–Trinajstić information content (AvgIpc) is 2.95. The van der Waals surface area contributed by atoms with Crippen molar-refractivity contribution in [3.63, 3.8) is 0 Å². The van der Waals surface area contributed by atoms with E-state index in [2.05, 4.69) is 16.0 Å². The summed E-state index contributed by atoms with van der Waals surface area (Å²) in [4.78, 5) is 83.5. The summed E-state index contributed by atoms with van der Waals surface area (Å²) in [6.45, 7) is 21.6. The topological polar surface area (TPSA) is 160 Å². The fourth-order valence-corrected chi connectivity index (χ4v) is 5.26. The van der Waals surface area contributed by atoms with Gasteiger partial charge in [0.25, 0.3) is 11.8 Å². The monoisotopic (exact) mass is 652 g/mol. The van der Waals surface area contributed by atoms with Gasteiger partial charge in [-0.3, -0.25) is 19.2 Å². The van der Waals surface area contributed by atoms with Gasteiger partial charge < -0.3 is 30.3 Å². The maximum Gasteiger partial charge on any atom is 0.329 e. The molecular formula is C34H60N4O8. The molecule has 12 nitrogen and oxygen atoms in total. The molecule has 3 N–H and O–H groups in total. The van der Waals surface area contributed by atoms with Crippen LogP contribution in [0.5, 0.6) is 0 Å². The first-order valence-electron chi connectivity index (χ1n) is 16.8. The van der Waals surface area contributed by atoms with Crippen molar-refractivity contribution in [3.05, 3.63) is 0 Å². The van der Waals surface area contributed by atoms with Gasteiger partial charge in [0.2, 0.25) is 11.8 Å². The van der Waals surface area contributed by atoms with Crippen LogP contribution < -0.4 is 16.0 Å². The number of carbonyl (C=O) groups is 6. The predicted octanol–water partition coefficient (Wildman–Crippen LogP) is 3.21. The van der Waals surface area contributed by atoms with Gasteiger partial charge in [0, 0.05) is 7.05 Å². The Morgan fingerprint density at radius 2 is 1.07 bits per heavy atom. The molecule has 7 atom stereocenters. The van der Waals surface area contributed by atoms with Crippen LogP contribution in [-0.2, 0) is 38.2 Å². The second kappa shape index (κ2) is 18.2. The quantitative estimate of drug-likeness (QED) is 0.320. The summed E-state index contributed by atoms with van der Waals surface area (Å²) in [6, 6.07) is -4.26. The van der Waals surface area contributed by atoms with Crippen LogP contribution in [0.3, 0.4) is 0 Å². The van der Waals surface area contributed by atoms with Crippen LogP contribution in [0.25, 0.3) is 0 Å². The maximum atomic E-state index is 13.9. The number of hydrogen-bond acceptors (Lipinski definition) is 8. The lowest BCUT2D eigenvalue weighted by molar-refractivity contribution is -0.167. The number of cyclic esters (lactones) is 2. The van der Waals surface area contributed by atoms with Crippen LogP contribution in [0.2, 0.25) is 0 Å². The highest BCUT2D eigenvalue weighted by atomic mass is 16.6. The van der Waals surface area contributed by atoms with Crippen molar-refractivity contribution in [3.8, 4) is 0 Å². The van der Waals surface area contributed by atoms with Crippen molar-refractivity contribution in [2.24, 2.45) is 35.5 Å². The van der Waals surface area contributed by atoms with Crippen LogP contribution >= 0.6 is 0 Å². The van der Waals surface area contributed by atoms with E-state index in [1.807, 2.05) is 34.6 Å². The minimum absolute atomic E-state index is 0.0222.